The molecule has 4 atom stereocenters. The van der Waals surface area contributed by atoms with E-state index in [2.05, 4.69) is 16.0 Å². The van der Waals surface area contributed by atoms with Gasteiger partial charge in [-0.05, 0) is 74.4 Å². The largest absolute Gasteiger partial charge is 0.504 e. The predicted molar refractivity (Wildman–Crippen MR) is 277 cm³/mol. The van der Waals surface area contributed by atoms with Crippen LogP contribution in [0.4, 0.5) is 15.3 Å². The van der Waals surface area contributed by atoms with Gasteiger partial charge >= 0.3 is 12.1 Å². The lowest BCUT2D eigenvalue weighted by molar-refractivity contribution is -0.139. The molecule has 3 rings (SSSR count). The van der Waals surface area contributed by atoms with Crippen molar-refractivity contribution in [2.45, 2.75) is 111 Å². The molecule has 1 saturated heterocycles. The van der Waals surface area contributed by atoms with E-state index < -0.39 is 47.8 Å². The summed E-state index contributed by atoms with van der Waals surface area (Å²) >= 11 is 0. The van der Waals surface area contributed by atoms with Crippen molar-refractivity contribution in [3.63, 3.8) is 0 Å². The van der Waals surface area contributed by atoms with Crippen LogP contribution >= 0.6 is 0 Å². The highest BCUT2D eigenvalue weighted by atomic mass is 16.6. The zero-order valence-electron chi connectivity index (χ0n) is 44.6. The maximum absolute atomic E-state index is 13.7. The van der Waals surface area contributed by atoms with Gasteiger partial charge in [-0.1, -0.05) is 39.0 Å². The van der Waals surface area contributed by atoms with E-state index in [1.165, 1.54) is 28.0 Å². The average molecular weight is 1070 g/mol. The molecular formula is C53H80N6O17. The normalized spacial score (nSPS) is 14.6. The lowest BCUT2D eigenvalue weighted by Crippen LogP contribution is -2.45. The molecule has 7 amide bonds. The number of benzene rings is 2. The van der Waals surface area contributed by atoms with E-state index in [1.54, 1.807) is 58.9 Å². The molecule has 0 aromatic heterocycles. The van der Waals surface area contributed by atoms with Crippen LogP contribution in [0.3, 0.4) is 0 Å². The number of ketones is 2. The minimum atomic E-state index is -1.17. The lowest BCUT2D eigenvalue weighted by atomic mass is 9.89. The number of likely N-dealkylation sites (tertiary alicyclic amines) is 1. The summed E-state index contributed by atoms with van der Waals surface area (Å²) in [5.41, 5.74) is 6.52. The van der Waals surface area contributed by atoms with Gasteiger partial charge in [0.25, 0.3) is 0 Å². The molecule has 76 heavy (non-hydrogen) atoms. The van der Waals surface area contributed by atoms with Crippen LogP contribution in [0.2, 0.25) is 0 Å². The molecule has 1 aliphatic heterocycles. The van der Waals surface area contributed by atoms with Gasteiger partial charge < -0.3 is 70.3 Å². The third-order valence-corrected chi connectivity index (χ3v) is 12.2. The fourth-order valence-corrected chi connectivity index (χ4v) is 7.78. The number of aliphatic hydroxyl groups excluding tert-OH is 1. The maximum Gasteiger partial charge on any atom is 0.410 e. The number of rotatable bonds is 39. The predicted octanol–water partition coefficient (Wildman–Crippen LogP) is 3.89. The van der Waals surface area contributed by atoms with Gasteiger partial charge in [-0.3, -0.25) is 33.7 Å². The summed E-state index contributed by atoms with van der Waals surface area (Å²) in [6.45, 7) is 12.0. The summed E-state index contributed by atoms with van der Waals surface area (Å²) < 4.78 is 33.1. The van der Waals surface area contributed by atoms with Crippen molar-refractivity contribution in [2.75, 3.05) is 91.0 Å². The number of nitrogens with two attached hydrogens (primary N) is 1. The number of hydrogen-bond donors (Lipinski definition) is 7. The van der Waals surface area contributed by atoms with Crippen LogP contribution < -0.4 is 21.7 Å². The number of urea groups is 1. The van der Waals surface area contributed by atoms with Crippen LogP contribution in [0.15, 0.2) is 42.5 Å². The molecule has 3 unspecified atom stereocenters. The summed E-state index contributed by atoms with van der Waals surface area (Å²) in [6, 6.07) is 8.47. The number of aromatic hydroxyl groups is 2. The Morgan fingerprint density at radius 3 is 1.93 bits per heavy atom. The van der Waals surface area contributed by atoms with Crippen molar-refractivity contribution in [1.29, 1.82) is 0 Å². The Labute approximate surface area is 444 Å². The number of imide groups is 1. The van der Waals surface area contributed by atoms with Gasteiger partial charge in [-0.15, -0.1) is 0 Å². The van der Waals surface area contributed by atoms with Gasteiger partial charge in [0.1, 0.15) is 12.4 Å². The monoisotopic (exact) mass is 1070 g/mol. The second-order valence-corrected chi connectivity index (χ2v) is 19.0. The first kappa shape index (κ1) is 64.0. The third-order valence-electron chi connectivity index (χ3n) is 12.2. The second kappa shape index (κ2) is 35.2. The van der Waals surface area contributed by atoms with Crippen molar-refractivity contribution in [1.82, 2.24) is 20.4 Å². The zero-order chi connectivity index (χ0) is 56.0. The van der Waals surface area contributed by atoms with E-state index in [0.717, 1.165) is 0 Å². The zero-order valence-corrected chi connectivity index (χ0v) is 44.6. The summed E-state index contributed by atoms with van der Waals surface area (Å²) in [5.74, 6) is -3.84. The van der Waals surface area contributed by atoms with Gasteiger partial charge in [0.15, 0.2) is 17.3 Å². The SMILES string of the molecule is CC1CC(=O)N(CCC(=O)CCCOCCOCCOCCOCCOCCC(=O)NC(C(=O)C[C@H](CCCNC(N)=O)C(=O)Nc2ccc(COC(=O)N(CC(O)c3ccc(O)c(O)c3)C(C)C)cc2)C(C)C)C1=O. The molecule has 0 bridgehead atoms. The van der Waals surface area contributed by atoms with Crippen LogP contribution in [-0.2, 0) is 63.8 Å². The lowest BCUT2D eigenvalue weighted by Gasteiger charge is -2.28. The number of carbonyl (C=O) groups is 8. The number of hydrogen-bond acceptors (Lipinski definition) is 17. The first-order chi connectivity index (χ1) is 36.3. The number of phenolic OH excluding ortho intramolecular Hbond substituents is 2. The molecular weight excluding hydrogens is 993 g/mol. The van der Waals surface area contributed by atoms with Crippen molar-refractivity contribution >= 4 is 53.0 Å². The van der Waals surface area contributed by atoms with Gasteiger partial charge in [0.2, 0.25) is 23.6 Å². The Balaban J connectivity index is 1.30. The van der Waals surface area contributed by atoms with Crippen LogP contribution in [0, 0.1) is 17.8 Å². The Bertz CT molecular complexity index is 2160. The van der Waals surface area contributed by atoms with Crippen molar-refractivity contribution in [3.05, 3.63) is 53.6 Å². The van der Waals surface area contributed by atoms with Gasteiger partial charge in [-0.25, -0.2) is 9.59 Å². The number of phenols is 2. The molecule has 1 heterocycles. The van der Waals surface area contributed by atoms with Gasteiger partial charge in [0, 0.05) is 75.4 Å². The van der Waals surface area contributed by atoms with E-state index in [4.69, 9.17) is 34.2 Å². The van der Waals surface area contributed by atoms with E-state index in [1.807, 2.05) is 0 Å². The number of nitrogens with one attached hydrogen (secondary N) is 3. The number of nitrogens with zero attached hydrogens (tertiary/aromatic N) is 2. The molecule has 2 aromatic carbocycles. The summed E-state index contributed by atoms with van der Waals surface area (Å²) in [7, 11) is 0. The van der Waals surface area contributed by atoms with E-state index in [9.17, 15) is 53.7 Å². The molecule has 0 radical (unpaired) electrons. The summed E-state index contributed by atoms with van der Waals surface area (Å²) in [4.78, 5) is 103. The van der Waals surface area contributed by atoms with Gasteiger partial charge in [0.05, 0.1) is 78.2 Å². The number of primary amides is 1. The minimum Gasteiger partial charge on any atom is -0.504 e. The van der Waals surface area contributed by atoms with Crippen LogP contribution in [-0.4, -0.2) is 170 Å². The fraction of sp³-hybridized carbons (Fsp3) is 0.623. The van der Waals surface area contributed by atoms with Crippen LogP contribution in [0.25, 0.3) is 0 Å². The standard InChI is InChI=1S/C53H80N6O17/c1-35(2)49(57-47(65)17-21-72-23-25-74-27-29-75-28-26-73-24-22-71-20-7-9-42(60)16-19-58-48(66)30-37(5)51(58)68)45(63)32-40(8-6-18-55-52(54)69)50(67)56-41-13-10-38(11-14-41)34-76-53(70)59(36(3)4)33-46(64)39-12-15-43(61)44(62)31-39/h10-15,31,35-37,40,46,49,61-62,64H,6-9,16-30,32-34H2,1-5H3,(H,56,67)(H,57,65)(H3,54,55,69)/t37?,40-,46?,49?/m0/s1. The molecule has 0 saturated carbocycles. The maximum atomic E-state index is 13.7. The molecule has 1 aliphatic rings. The molecule has 8 N–H and O–H groups in total. The topological polar surface area (TPSA) is 321 Å². The summed E-state index contributed by atoms with van der Waals surface area (Å²) in [5, 5.41) is 38.2. The molecule has 23 heteroatoms. The van der Waals surface area contributed by atoms with Crippen LogP contribution in [0.5, 0.6) is 11.5 Å². The number of carbonyl (C=O) groups excluding carboxylic acids is 8. The summed E-state index contributed by atoms with van der Waals surface area (Å²) in [6.07, 6.45) is -0.296. The van der Waals surface area contributed by atoms with E-state index in [-0.39, 0.29) is 125 Å². The molecule has 0 spiro atoms. The smallest absolute Gasteiger partial charge is 0.410 e. The Morgan fingerprint density at radius 2 is 1.38 bits per heavy atom. The number of aliphatic hydroxyl groups is 1. The number of amides is 7. The molecule has 424 valence electrons. The Kier molecular flexibility index (Phi) is 29.6. The fourth-order valence-electron chi connectivity index (χ4n) is 7.78. The molecule has 0 aliphatic carbocycles. The first-order valence-corrected chi connectivity index (χ1v) is 25.9. The molecule has 23 nitrogen and oxygen atoms in total. The van der Waals surface area contributed by atoms with E-state index in [0.29, 0.717) is 82.3 Å². The van der Waals surface area contributed by atoms with Crippen molar-refractivity contribution in [3.8, 4) is 11.5 Å². The highest BCUT2D eigenvalue weighted by Gasteiger charge is 2.35. The van der Waals surface area contributed by atoms with Crippen molar-refractivity contribution < 1.29 is 82.1 Å². The number of ether oxygens (including phenoxy) is 6. The third kappa shape index (κ3) is 24.6. The van der Waals surface area contributed by atoms with E-state index >= 15 is 0 Å². The van der Waals surface area contributed by atoms with Crippen molar-refractivity contribution in [2.24, 2.45) is 23.5 Å². The number of Topliss-reactive ketones (excluding diaryl/α,β-unsaturated/α-hetero) is 2. The molecule has 2 aromatic rings. The number of anilines is 1. The van der Waals surface area contributed by atoms with Crippen LogP contribution in [0.1, 0.15) is 103 Å². The Hall–Kier alpha value is -6.24. The highest BCUT2D eigenvalue weighted by molar-refractivity contribution is 6.03. The quantitative estimate of drug-likeness (QED) is 0.0284. The minimum absolute atomic E-state index is 0.0129. The average Bonchev–Trinajstić information content (AvgIpc) is 3.62. The Morgan fingerprint density at radius 1 is 0.776 bits per heavy atom. The second-order valence-electron chi connectivity index (χ2n) is 19.0. The molecule has 1 fully saturated rings. The first-order valence-electron chi connectivity index (χ1n) is 25.9. The van der Waals surface area contributed by atoms with Gasteiger partial charge in [-0.2, -0.15) is 0 Å². The highest BCUT2D eigenvalue weighted by Crippen LogP contribution is 2.29.